The maximum atomic E-state index is 11.5. The van der Waals surface area contributed by atoms with Crippen molar-refractivity contribution in [3.63, 3.8) is 0 Å². The zero-order chi connectivity index (χ0) is 16.2. The number of aliphatic imine (C=N–C) groups is 1. The van der Waals surface area contributed by atoms with Crippen LogP contribution in [0.25, 0.3) is 0 Å². The summed E-state index contributed by atoms with van der Waals surface area (Å²) in [4.78, 5) is 17.9. The van der Waals surface area contributed by atoms with Crippen LogP contribution in [0.3, 0.4) is 0 Å². The van der Waals surface area contributed by atoms with Crippen LogP contribution in [-0.2, 0) is 9.53 Å². The van der Waals surface area contributed by atoms with Crippen LogP contribution in [0, 0.1) is 5.92 Å². The van der Waals surface area contributed by atoms with Crippen molar-refractivity contribution in [2.24, 2.45) is 10.9 Å². The third-order valence-electron chi connectivity index (χ3n) is 3.56. The second-order valence-electron chi connectivity index (χ2n) is 5.64. The average Bonchev–Trinajstić information content (AvgIpc) is 3.34. The number of carbonyl (C=O) groups is 1. The fourth-order valence-corrected chi connectivity index (χ4v) is 2.03. The highest BCUT2D eigenvalue weighted by molar-refractivity contribution is 5.81. The van der Waals surface area contributed by atoms with Crippen molar-refractivity contribution in [3.8, 4) is 0 Å². The Morgan fingerprint density at radius 2 is 1.86 bits per heavy atom. The minimum absolute atomic E-state index is 0.183. The van der Waals surface area contributed by atoms with Gasteiger partial charge in [-0.1, -0.05) is 0 Å². The summed E-state index contributed by atoms with van der Waals surface area (Å²) in [6.45, 7) is 4.91. The van der Waals surface area contributed by atoms with Crippen LogP contribution < -0.4 is 16.0 Å². The molecular weight excluding hydrogens is 282 g/mol. The molecule has 7 heteroatoms. The van der Waals surface area contributed by atoms with E-state index < -0.39 is 0 Å². The molecule has 1 fully saturated rings. The van der Waals surface area contributed by atoms with Gasteiger partial charge in [-0.25, -0.2) is 0 Å². The van der Waals surface area contributed by atoms with E-state index in [0.717, 1.165) is 51.5 Å². The van der Waals surface area contributed by atoms with Gasteiger partial charge in [0.25, 0.3) is 0 Å². The lowest BCUT2D eigenvalue weighted by Crippen LogP contribution is -2.43. The van der Waals surface area contributed by atoms with Crippen LogP contribution in [0.2, 0.25) is 0 Å². The molecule has 1 amide bonds. The molecule has 0 aromatic carbocycles. The molecule has 0 saturated heterocycles. The molecule has 0 radical (unpaired) electrons. The maximum absolute atomic E-state index is 11.5. The van der Waals surface area contributed by atoms with Crippen molar-refractivity contribution >= 4 is 11.9 Å². The van der Waals surface area contributed by atoms with Gasteiger partial charge in [0.2, 0.25) is 5.91 Å². The monoisotopic (exact) mass is 313 g/mol. The number of rotatable bonds is 11. The van der Waals surface area contributed by atoms with E-state index >= 15 is 0 Å². The molecule has 0 spiro atoms. The van der Waals surface area contributed by atoms with Crippen molar-refractivity contribution < 1.29 is 9.53 Å². The molecule has 7 nitrogen and oxygen atoms in total. The van der Waals surface area contributed by atoms with Gasteiger partial charge in [-0.2, -0.15) is 0 Å². The number of guanidine groups is 1. The van der Waals surface area contributed by atoms with E-state index in [1.54, 1.807) is 14.2 Å². The summed E-state index contributed by atoms with van der Waals surface area (Å²) in [7, 11) is 5.58. The second kappa shape index (κ2) is 11.3. The van der Waals surface area contributed by atoms with Crippen molar-refractivity contribution in [2.75, 3.05) is 60.5 Å². The maximum Gasteiger partial charge on any atom is 0.223 e. The Labute approximate surface area is 133 Å². The van der Waals surface area contributed by atoms with Gasteiger partial charge >= 0.3 is 0 Å². The highest BCUT2D eigenvalue weighted by atomic mass is 16.5. The zero-order valence-electron chi connectivity index (χ0n) is 14.2. The zero-order valence-corrected chi connectivity index (χ0v) is 14.2. The minimum Gasteiger partial charge on any atom is -0.385 e. The van der Waals surface area contributed by atoms with E-state index in [2.05, 4.69) is 32.9 Å². The number of methoxy groups -OCH3 is 1. The fraction of sp³-hybridized carbons (Fsp3) is 0.867. The molecule has 1 aliphatic rings. The first-order valence-electron chi connectivity index (χ1n) is 8.07. The molecule has 0 atom stereocenters. The number of hydrogen-bond acceptors (Lipinski definition) is 4. The molecule has 0 aromatic heterocycles. The van der Waals surface area contributed by atoms with Gasteiger partial charge in [0.05, 0.1) is 0 Å². The quantitative estimate of drug-likeness (QED) is 0.276. The van der Waals surface area contributed by atoms with E-state index in [1.165, 1.54) is 0 Å². The van der Waals surface area contributed by atoms with Gasteiger partial charge in [-0.3, -0.25) is 9.79 Å². The van der Waals surface area contributed by atoms with Crippen LogP contribution >= 0.6 is 0 Å². The van der Waals surface area contributed by atoms with Gasteiger partial charge in [0.15, 0.2) is 5.96 Å². The van der Waals surface area contributed by atoms with Crippen LogP contribution in [0.4, 0.5) is 0 Å². The lowest BCUT2D eigenvalue weighted by atomic mass is 10.4. The van der Waals surface area contributed by atoms with E-state index in [-0.39, 0.29) is 11.8 Å². The molecular formula is C15H31N5O2. The first kappa shape index (κ1) is 18.7. The summed E-state index contributed by atoms with van der Waals surface area (Å²) in [5.41, 5.74) is 0. The summed E-state index contributed by atoms with van der Waals surface area (Å²) in [6.07, 6.45) is 3.13. The van der Waals surface area contributed by atoms with Gasteiger partial charge < -0.3 is 25.6 Å². The molecule has 0 aliphatic heterocycles. The number of amides is 1. The molecule has 0 aromatic rings. The number of carbonyl (C=O) groups excluding carboxylic acids is 1. The molecule has 128 valence electrons. The Hall–Kier alpha value is -1.34. The van der Waals surface area contributed by atoms with Crippen LogP contribution in [0.1, 0.15) is 19.3 Å². The molecule has 0 heterocycles. The molecule has 1 aliphatic carbocycles. The Kier molecular flexibility index (Phi) is 9.57. The Morgan fingerprint density at radius 1 is 1.18 bits per heavy atom. The first-order chi connectivity index (χ1) is 10.7. The van der Waals surface area contributed by atoms with Crippen LogP contribution in [0.5, 0.6) is 0 Å². The number of nitrogens with one attached hydrogen (secondary N) is 3. The fourth-order valence-electron chi connectivity index (χ4n) is 2.03. The average molecular weight is 313 g/mol. The third-order valence-corrected chi connectivity index (χ3v) is 3.56. The Balaban J connectivity index is 2.00. The number of hydrogen-bond donors (Lipinski definition) is 3. The SMILES string of the molecule is CN=C(NCCNC(=O)C1CC1)NCCN(C)CCCOC. The molecule has 0 bridgehead atoms. The number of ether oxygens (including phenoxy) is 1. The number of nitrogens with zero attached hydrogens (tertiary/aromatic N) is 2. The van der Waals surface area contributed by atoms with Crippen LogP contribution in [0.15, 0.2) is 4.99 Å². The van der Waals surface area contributed by atoms with Crippen LogP contribution in [-0.4, -0.2) is 77.3 Å². The largest absolute Gasteiger partial charge is 0.385 e. The molecule has 22 heavy (non-hydrogen) atoms. The molecule has 0 unspecified atom stereocenters. The van der Waals surface area contributed by atoms with Gasteiger partial charge in [-0.15, -0.1) is 0 Å². The summed E-state index contributed by atoms with van der Waals surface area (Å²) < 4.78 is 5.04. The van der Waals surface area contributed by atoms with Crippen molar-refractivity contribution in [1.82, 2.24) is 20.9 Å². The Bertz CT molecular complexity index is 345. The van der Waals surface area contributed by atoms with Crippen molar-refractivity contribution in [3.05, 3.63) is 0 Å². The summed E-state index contributed by atoms with van der Waals surface area (Å²) in [6, 6.07) is 0. The van der Waals surface area contributed by atoms with Crippen molar-refractivity contribution in [2.45, 2.75) is 19.3 Å². The summed E-state index contributed by atoms with van der Waals surface area (Å²) in [5.74, 6) is 1.22. The highest BCUT2D eigenvalue weighted by Gasteiger charge is 2.28. The van der Waals surface area contributed by atoms with Crippen molar-refractivity contribution in [1.29, 1.82) is 0 Å². The topological polar surface area (TPSA) is 78.0 Å². The van der Waals surface area contributed by atoms with Gasteiger partial charge in [0, 0.05) is 59.4 Å². The highest BCUT2D eigenvalue weighted by Crippen LogP contribution is 2.28. The normalized spacial score (nSPS) is 15.0. The van der Waals surface area contributed by atoms with E-state index in [0.29, 0.717) is 13.1 Å². The molecule has 1 saturated carbocycles. The predicted octanol–water partition coefficient (Wildman–Crippen LogP) is -0.354. The van der Waals surface area contributed by atoms with E-state index in [9.17, 15) is 4.79 Å². The lowest BCUT2D eigenvalue weighted by molar-refractivity contribution is -0.122. The molecule has 1 rings (SSSR count). The van der Waals surface area contributed by atoms with E-state index in [1.807, 2.05) is 0 Å². The minimum atomic E-state index is 0.183. The van der Waals surface area contributed by atoms with Gasteiger partial charge in [-0.05, 0) is 26.3 Å². The predicted molar refractivity (Wildman–Crippen MR) is 89.1 cm³/mol. The number of likely N-dealkylation sites (N-methyl/N-ethyl adjacent to an activating group) is 1. The summed E-state index contributed by atoms with van der Waals surface area (Å²) >= 11 is 0. The third kappa shape index (κ3) is 8.84. The van der Waals surface area contributed by atoms with E-state index in [4.69, 9.17) is 4.74 Å². The smallest absolute Gasteiger partial charge is 0.223 e. The first-order valence-corrected chi connectivity index (χ1v) is 8.07. The Morgan fingerprint density at radius 3 is 2.50 bits per heavy atom. The van der Waals surface area contributed by atoms with Gasteiger partial charge in [0.1, 0.15) is 0 Å². The summed E-state index contributed by atoms with van der Waals surface area (Å²) in [5, 5.41) is 9.39. The lowest BCUT2D eigenvalue weighted by Gasteiger charge is -2.18. The molecule has 3 N–H and O–H groups in total. The second-order valence-corrected chi connectivity index (χ2v) is 5.64. The standard InChI is InChI=1S/C15H31N5O2/c1-16-15(18-8-7-17-14(21)13-5-6-13)19-9-11-20(2)10-4-12-22-3/h13H,4-12H2,1-3H3,(H,17,21)(H2,16,18,19).